The molecule has 0 atom stereocenters. The van der Waals surface area contributed by atoms with Gasteiger partial charge in [-0.3, -0.25) is 9.59 Å². The number of nitrogens with two attached hydrogens (primary N) is 3. The Balaban J connectivity index is 0.000000154. The van der Waals surface area contributed by atoms with Crippen molar-refractivity contribution in [3.05, 3.63) is 276 Å². The number of nitrogens with one attached hydrogen (secondary N) is 3. The molecule has 8 aromatic heterocycles. The second-order valence-electron chi connectivity index (χ2n) is 22.7. The Kier molecular flexibility index (Phi) is 26.8. The van der Waals surface area contributed by atoms with Gasteiger partial charge in [0.2, 0.25) is 5.91 Å². The molecule has 12 N–H and O–H groups in total. The monoisotopic (exact) mass is 1690 g/mol. The van der Waals surface area contributed by atoms with Gasteiger partial charge in [0, 0.05) is 98.0 Å². The number of aryl methyl sites for hydroxylation is 2. The van der Waals surface area contributed by atoms with Gasteiger partial charge in [0.25, 0.3) is 25.8 Å². The van der Waals surface area contributed by atoms with Gasteiger partial charge in [-0.05, 0) is 161 Å². The number of nitrogens with zero attached hydrogens (tertiary/aromatic N) is 6. The topological polar surface area (TPSA) is 363 Å². The molecule has 107 heavy (non-hydrogen) atoms. The molecule has 0 spiro atoms. The summed E-state index contributed by atoms with van der Waals surface area (Å²) < 4.78 is 54.5. The Labute approximate surface area is 660 Å². The third-order valence-corrected chi connectivity index (χ3v) is 21.7. The van der Waals surface area contributed by atoms with E-state index in [0.717, 1.165) is 85.1 Å². The Morgan fingerprint density at radius 2 is 0.879 bits per heavy atom. The fourth-order valence-electron chi connectivity index (χ4n) is 9.73. The highest BCUT2D eigenvalue weighted by Crippen LogP contribution is 2.37. The van der Waals surface area contributed by atoms with Crippen molar-refractivity contribution in [2.24, 2.45) is 0 Å². The number of amides is 1. The quantitative estimate of drug-likeness (QED) is 0.0237. The number of H-pyrrole nitrogens is 2. The van der Waals surface area contributed by atoms with Gasteiger partial charge >= 0.3 is 13.1 Å². The zero-order valence-electron chi connectivity index (χ0n) is 55.5. The minimum Gasteiger partial charge on any atom is -0.475 e. The van der Waals surface area contributed by atoms with E-state index in [2.05, 4.69) is 64.3 Å². The van der Waals surface area contributed by atoms with Crippen molar-refractivity contribution in [2.75, 3.05) is 22.5 Å². The van der Waals surface area contributed by atoms with Crippen LogP contribution in [0.15, 0.2) is 235 Å². The summed E-state index contributed by atoms with van der Waals surface area (Å²) >= 11 is 51.5. The number of carboxylic acid groups (broad SMARTS) is 1. The maximum absolute atomic E-state index is 13.0. The molecule has 0 fully saturated rings. The molecule has 14 aromatic rings. The molecule has 0 aliphatic carbocycles. The molecule has 22 nitrogen and oxygen atoms in total. The first-order valence-electron chi connectivity index (χ1n) is 30.7. The van der Waals surface area contributed by atoms with E-state index in [9.17, 15) is 31.2 Å². The van der Waals surface area contributed by atoms with Crippen molar-refractivity contribution in [1.29, 1.82) is 0 Å². The van der Waals surface area contributed by atoms with Crippen LogP contribution >= 0.6 is 109 Å². The number of hydrogen-bond acceptors (Lipinski definition) is 16. The summed E-state index contributed by atoms with van der Waals surface area (Å²) in [5.41, 5.74) is 28.5. The lowest BCUT2D eigenvalue weighted by Crippen LogP contribution is -2.29. The van der Waals surface area contributed by atoms with Crippen LogP contribution in [-0.4, -0.2) is 94.6 Å². The first-order chi connectivity index (χ1) is 50.7. The lowest BCUT2D eigenvalue weighted by atomic mass is 9.80. The summed E-state index contributed by atoms with van der Waals surface area (Å²) in [6.07, 6.45) is 14.7. The molecule has 34 heteroatoms. The van der Waals surface area contributed by atoms with Gasteiger partial charge in [-0.25, -0.2) is 49.5 Å². The summed E-state index contributed by atoms with van der Waals surface area (Å²) in [6.45, 7) is 10.2. The average Bonchev–Trinajstić information content (AvgIpc) is 1.61. The van der Waals surface area contributed by atoms with E-state index in [-0.39, 0.29) is 21.3 Å². The number of pyridine rings is 4. The Bertz CT molecular complexity index is 5990. The van der Waals surface area contributed by atoms with Crippen LogP contribution in [-0.2, 0) is 34.4 Å². The number of aromatic nitrogens is 8. The third kappa shape index (κ3) is 19.7. The Hall–Kier alpha value is -9.75. The highest BCUT2D eigenvalue weighted by Gasteiger charge is 2.24. The number of carbonyl (C=O) groups is 3. The number of hydrogen-bond donors (Lipinski definition) is 9. The largest absolute Gasteiger partial charge is 0.488 e. The lowest BCUT2D eigenvalue weighted by Gasteiger charge is -2.08. The number of anilines is 4. The van der Waals surface area contributed by atoms with E-state index < -0.39 is 38.9 Å². The molecule has 0 bridgehead atoms. The molecule has 0 radical (unpaired) electrons. The standard InChI is InChI=1S/C20H15Cl2N3O2S.C16H11Cl2N3O.C14H10BrClN2O2S.C13H9Cl2N3.C6H7BClNO2.C4H4O3/c1-12-2-5-15(6-3-12)28(26,27)25-11-18(22)16-8-14(10-24-20(16)25)13-4-7-17(21)19(23)9-13;1-2-15(22)21-14-6-9(3-4-12(14)17)10-5-11-13(18)8-20-16(11)19-7-10;1-9-2-4-11(5-3-9)21(19,20)18-8-13(16)12-6-10(15)7-17-14(12)18;14-10-2-1-7(4-12(10)16)8-3-9-11(15)6-18-13(9)17-5-8;8-5-2-1-4(7(10)11)3-6(5)9;1-2-3(5)4(6)7/h2-11H,23H2,1H3;2-8H,1H2,(H,19,20)(H,21,22);2-8H,1H3;1-6H,16H2,(H,17,18);1-3,10-11H,9H2;2H,1H2,(H,6,7). The molecule has 14 rings (SSSR count). The van der Waals surface area contributed by atoms with Crippen LogP contribution < -0.4 is 28.0 Å². The second-order valence-corrected chi connectivity index (χ2v) is 30.5. The number of rotatable bonds is 12. The second kappa shape index (κ2) is 35.3. The number of benzene rings is 6. The van der Waals surface area contributed by atoms with Gasteiger partial charge in [0.15, 0.2) is 11.3 Å². The number of aliphatic carboxylic acids is 1. The molecule has 0 saturated heterocycles. The first kappa shape index (κ1) is 81.3. The molecule has 0 aliphatic rings. The van der Waals surface area contributed by atoms with Crippen LogP contribution in [0.2, 0.25) is 40.2 Å². The summed E-state index contributed by atoms with van der Waals surface area (Å²) in [5, 5.41) is 34.4. The zero-order valence-corrected chi connectivity index (χ0v) is 64.7. The molecular formula is C73H56BBrCl8N12O10S2. The van der Waals surface area contributed by atoms with Gasteiger partial charge < -0.3 is 47.6 Å². The van der Waals surface area contributed by atoms with Crippen molar-refractivity contribution in [3.8, 4) is 33.4 Å². The number of aromatic amines is 2. The molecule has 0 unspecified atom stereocenters. The van der Waals surface area contributed by atoms with Gasteiger partial charge in [0.1, 0.15) is 11.3 Å². The van der Waals surface area contributed by atoms with E-state index in [0.29, 0.717) is 84.8 Å². The molecule has 8 heterocycles. The zero-order chi connectivity index (χ0) is 77.9. The maximum Gasteiger partial charge on any atom is 0.488 e. The van der Waals surface area contributed by atoms with Crippen LogP contribution in [0.4, 0.5) is 22.7 Å². The molecule has 0 saturated carbocycles. The highest BCUT2D eigenvalue weighted by molar-refractivity contribution is 9.10. The third-order valence-electron chi connectivity index (χ3n) is 15.3. The summed E-state index contributed by atoms with van der Waals surface area (Å²) in [6, 6.07) is 41.3. The molecule has 6 aromatic carbocycles. The predicted octanol–water partition coefficient (Wildman–Crippen LogP) is 17.3. The minimum absolute atomic E-state index is 0.169. The van der Waals surface area contributed by atoms with Crippen molar-refractivity contribution < 1.29 is 46.4 Å². The summed E-state index contributed by atoms with van der Waals surface area (Å²) in [4.78, 5) is 54.3. The summed E-state index contributed by atoms with van der Waals surface area (Å²) in [7, 11) is -9.03. The lowest BCUT2D eigenvalue weighted by molar-refractivity contribution is -0.146. The van der Waals surface area contributed by atoms with Crippen molar-refractivity contribution in [1.82, 2.24) is 37.8 Å². The number of carbonyl (C=O) groups excluding carboxylic acids is 2. The molecule has 546 valence electrons. The van der Waals surface area contributed by atoms with Crippen LogP contribution in [0.1, 0.15) is 11.1 Å². The van der Waals surface area contributed by atoms with E-state index in [1.807, 2.05) is 50.2 Å². The van der Waals surface area contributed by atoms with Crippen LogP contribution in [0.25, 0.3) is 77.5 Å². The van der Waals surface area contributed by atoms with Crippen LogP contribution in [0.5, 0.6) is 0 Å². The van der Waals surface area contributed by atoms with Crippen LogP contribution in [0, 0.1) is 13.8 Å². The van der Waals surface area contributed by atoms with Gasteiger partial charge in [-0.2, -0.15) is 0 Å². The molecule has 0 aliphatic heterocycles. The van der Waals surface area contributed by atoms with E-state index >= 15 is 0 Å². The Morgan fingerprint density at radius 3 is 1.28 bits per heavy atom. The SMILES string of the molecule is C=CC(=O)C(=O)O.C=CC(=O)Nc1cc(-c2cnc3[nH]cc(Cl)c3c2)ccc1Cl.Cc1ccc(S(=O)(=O)n2cc(Cl)c3cc(-c4ccc(Cl)c(N)c4)cnc32)cc1.Cc1ccc(S(=O)(=O)n2cc(Cl)c3cc(Br)cnc32)cc1.Nc1cc(-c2cnc3[nH]cc(Cl)c3c2)ccc1Cl.Nc1cc(B(O)O)ccc1Cl. The molecular weight excluding hydrogens is 1640 g/mol. The number of nitrogen functional groups attached to an aromatic ring is 3. The fraction of sp³-hybridized carbons (Fsp3) is 0.0274. The minimum atomic E-state index is -3.82. The van der Waals surface area contributed by atoms with Crippen molar-refractivity contribution in [2.45, 2.75) is 23.6 Å². The van der Waals surface area contributed by atoms with Crippen molar-refractivity contribution in [3.63, 3.8) is 0 Å². The molecule has 1 amide bonds. The summed E-state index contributed by atoms with van der Waals surface area (Å²) in [5.74, 6) is -2.75. The Morgan fingerprint density at radius 1 is 0.486 bits per heavy atom. The van der Waals surface area contributed by atoms with Gasteiger partial charge in [0.05, 0.1) is 67.0 Å². The fourth-order valence-corrected chi connectivity index (χ4v) is 14.2. The van der Waals surface area contributed by atoms with Crippen LogP contribution in [0.3, 0.4) is 0 Å². The van der Waals surface area contributed by atoms with Gasteiger partial charge in [-0.15, -0.1) is 0 Å². The average molecular weight is 1700 g/mol. The normalized spacial score (nSPS) is 11.0. The number of fused-ring (bicyclic) bond motifs is 4. The predicted molar refractivity (Wildman–Crippen MR) is 434 cm³/mol. The van der Waals surface area contributed by atoms with E-state index in [4.69, 9.17) is 125 Å². The number of ketones is 1. The van der Waals surface area contributed by atoms with E-state index in [1.165, 1.54) is 36.7 Å². The van der Waals surface area contributed by atoms with Gasteiger partial charge in [-0.1, -0.05) is 166 Å². The number of carboxylic acids is 1. The highest BCUT2D eigenvalue weighted by atomic mass is 79.9. The first-order valence-corrected chi connectivity index (χ1v) is 37.4. The number of halogens is 9. The maximum atomic E-state index is 13.0. The van der Waals surface area contributed by atoms with Crippen molar-refractivity contribution >= 4 is 226 Å². The smallest absolute Gasteiger partial charge is 0.475 e. The van der Waals surface area contributed by atoms with E-state index in [1.54, 1.807) is 128 Å².